The minimum atomic E-state index is -0.0908. The van der Waals surface area contributed by atoms with Crippen LogP contribution >= 0.6 is 11.3 Å². The lowest BCUT2D eigenvalue weighted by Crippen LogP contribution is -2.30. The number of para-hydroxylation sites is 1. The van der Waals surface area contributed by atoms with Gasteiger partial charge in [0.15, 0.2) is 0 Å². The highest BCUT2D eigenvalue weighted by Crippen LogP contribution is 2.27. The summed E-state index contributed by atoms with van der Waals surface area (Å²) in [5, 5.41) is 3.76. The Labute approximate surface area is 184 Å². The van der Waals surface area contributed by atoms with Gasteiger partial charge in [0.2, 0.25) is 0 Å². The largest absolute Gasteiger partial charge is 0.301 e. The first-order valence-corrected chi connectivity index (χ1v) is 10.9. The molecule has 1 amide bonds. The summed E-state index contributed by atoms with van der Waals surface area (Å²) in [6.07, 6.45) is 3.49. The van der Waals surface area contributed by atoms with Crippen molar-refractivity contribution in [3.63, 3.8) is 0 Å². The average Bonchev–Trinajstić information content (AvgIpc) is 3.36. The van der Waals surface area contributed by atoms with Crippen LogP contribution in [0.2, 0.25) is 0 Å². The molecule has 0 saturated carbocycles. The Hall–Kier alpha value is -3.83. The second-order valence-corrected chi connectivity index (χ2v) is 8.09. The highest BCUT2D eigenvalue weighted by atomic mass is 32.1. The fourth-order valence-corrected chi connectivity index (χ4v) is 4.24. The molecule has 5 aromatic rings. The molecule has 0 bridgehead atoms. The van der Waals surface area contributed by atoms with Crippen LogP contribution in [0.25, 0.3) is 22.0 Å². The number of amides is 1. The van der Waals surface area contributed by atoms with Crippen molar-refractivity contribution in [2.24, 2.45) is 0 Å². The Bertz CT molecular complexity index is 1310. The van der Waals surface area contributed by atoms with Gasteiger partial charge < -0.3 is 4.90 Å². The number of anilines is 1. The zero-order valence-corrected chi connectivity index (χ0v) is 17.5. The maximum absolute atomic E-state index is 13.7. The van der Waals surface area contributed by atoms with E-state index in [9.17, 15) is 4.79 Å². The summed E-state index contributed by atoms with van der Waals surface area (Å²) < 4.78 is 0. The summed E-state index contributed by atoms with van der Waals surface area (Å²) >= 11 is 1.54. The molecule has 0 N–H and O–H groups in total. The summed E-state index contributed by atoms with van der Waals surface area (Å²) in [6.45, 7) is 0.407. The van der Waals surface area contributed by atoms with E-state index in [4.69, 9.17) is 0 Å². The van der Waals surface area contributed by atoms with Gasteiger partial charge >= 0.3 is 0 Å². The molecule has 0 radical (unpaired) electrons. The summed E-state index contributed by atoms with van der Waals surface area (Å²) in [7, 11) is 0. The molecule has 0 fully saturated rings. The Kier molecular flexibility index (Phi) is 5.25. The molecule has 0 saturated heterocycles. The van der Waals surface area contributed by atoms with Gasteiger partial charge in [-0.2, -0.15) is 0 Å². The number of carbonyl (C=O) groups is 1. The van der Waals surface area contributed by atoms with E-state index in [1.165, 1.54) is 0 Å². The van der Waals surface area contributed by atoms with E-state index < -0.39 is 0 Å². The third kappa shape index (κ3) is 3.96. The van der Waals surface area contributed by atoms with Crippen molar-refractivity contribution < 1.29 is 4.79 Å². The second-order valence-electron chi connectivity index (χ2n) is 7.11. The van der Waals surface area contributed by atoms with E-state index in [-0.39, 0.29) is 5.91 Å². The molecule has 2 heterocycles. The number of aromatic nitrogens is 2. The van der Waals surface area contributed by atoms with Crippen molar-refractivity contribution in [1.29, 1.82) is 0 Å². The first-order chi connectivity index (χ1) is 15.3. The molecular weight excluding hydrogens is 402 g/mol. The first-order valence-electron chi connectivity index (χ1n) is 9.99. The van der Waals surface area contributed by atoms with Gasteiger partial charge in [-0.1, -0.05) is 60.7 Å². The molecule has 3 aromatic carbocycles. The number of thiazole rings is 1. The fourth-order valence-electron chi connectivity index (χ4n) is 3.63. The maximum Gasteiger partial charge on any atom is 0.260 e. The number of benzene rings is 3. The van der Waals surface area contributed by atoms with Crippen LogP contribution in [0.3, 0.4) is 0 Å². The highest BCUT2D eigenvalue weighted by molar-refractivity contribution is 7.09. The van der Waals surface area contributed by atoms with Crippen LogP contribution in [-0.4, -0.2) is 15.9 Å². The number of hydrogen-bond acceptors (Lipinski definition) is 4. The minimum Gasteiger partial charge on any atom is -0.301 e. The van der Waals surface area contributed by atoms with E-state index >= 15 is 0 Å². The molecule has 0 aliphatic rings. The summed E-state index contributed by atoms with van der Waals surface area (Å²) in [6, 6.07) is 27.9. The summed E-state index contributed by atoms with van der Waals surface area (Å²) in [4.78, 5) is 24.3. The zero-order chi connectivity index (χ0) is 21.0. The third-order valence-electron chi connectivity index (χ3n) is 5.17. The van der Waals surface area contributed by atoms with E-state index in [2.05, 4.69) is 22.1 Å². The number of rotatable bonds is 5. The Balaban J connectivity index is 1.55. The van der Waals surface area contributed by atoms with Gasteiger partial charge in [0, 0.05) is 28.8 Å². The molecular formula is C26H19N3OS. The van der Waals surface area contributed by atoms with Crippen molar-refractivity contribution in [1.82, 2.24) is 9.97 Å². The van der Waals surface area contributed by atoms with E-state index in [0.717, 1.165) is 27.2 Å². The average molecular weight is 422 g/mol. The zero-order valence-electron chi connectivity index (χ0n) is 16.7. The monoisotopic (exact) mass is 421 g/mol. The van der Waals surface area contributed by atoms with Crippen molar-refractivity contribution in [3.8, 4) is 11.1 Å². The molecule has 0 unspecified atom stereocenters. The molecule has 5 heteroatoms. The van der Waals surface area contributed by atoms with Crippen LogP contribution in [0.15, 0.2) is 103 Å². The lowest BCUT2D eigenvalue weighted by molar-refractivity contribution is 0.0986. The van der Waals surface area contributed by atoms with Crippen LogP contribution in [-0.2, 0) is 6.54 Å². The van der Waals surface area contributed by atoms with E-state index in [0.29, 0.717) is 17.6 Å². The van der Waals surface area contributed by atoms with E-state index in [1.807, 2.05) is 78.2 Å². The van der Waals surface area contributed by atoms with Crippen LogP contribution in [0.5, 0.6) is 0 Å². The topological polar surface area (TPSA) is 46.1 Å². The predicted molar refractivity (Wildman–Crippen MR) is 126 cm³/mol. The van der Waals surface area contributed by atoms with Gasteiger partial charge in [0.25, 0.3) is 5.91 Å². The van der Waals surface area contributed by atoms with E-state index in [1.54, 1.807) is 28.6 Å². The maximum atomic E-state index is 13.7. The van der Waals surface area contributed by atoms with Crippen molar-refractivity contribution in [2.45, 2.75) is 6.54 Å². The summed E-state index contributed by atoms with van der Waals surface area (Å²) in [5.41, 5.74) is 4.37. The van der Waals surface area contributed by atoms with Gasteiger partial charge in [-0.15, -0.1) is 11.3 Å². The van der Waals surface area contributed by atoms with Crippen molar-refractivity contribution in [3.05, 3.63) is 113 Å². The summed E-state index contributed by atoms with van der Waals surface area (Å²) in [5.74, 6) is -0.0908. The third-order valence-corrected chi connectivity index (χ3v) is 5.94. The van der Waals surface area contributed by atoms with Gasteiger partial charge in [0.05, 0.1) is 17.6 Å². The normalized spacial score (nSPS) is 10.8. The Morgan fingerprint density at radius 1 is 0.774 bits per heavy atom. The molecule has 0 aliphatic carbocycles. The number of pyridine rings is 1. The Morgan fingerprint density at radius 2 is 1.55 bits per heavy atom. The second kappa shape index (κ2) is 8.50. The fraction of sp³-hybridized carbons (Fsp3) is 0.0385. The molecule has 0 spiro atoms. The van der Waals surface area contributed by atoms with Gasteiger partial charge in [-0.05, 0) is 35.4 Å². The number of hydrogen-bond donors (Lipinski definition) is 0. The van der Waals surface area contributed by atoms with Crippen LogP contribution < -0.4 is 4.90 Å². The molecule has 4 nitrogen and oxygen atoms in total. The minimum absolute atomic E-state index is 0.0908. The lowest BCUT2D eigenvalue weighted by Gasteiger charge is -2.23. The standard InChI is InChI=1S/C26H19N3OS/c30-26(23-10-4-8-21-9-5-15-28-25(21)23)29(18-24-27-16-17-31-24)22-13-11-20(12-14-22)19-6-2-1-3-7-19/h1-17H,18H2. The van der Waals surface area contributed by atoms with Crippen LogP contribution in [0.1, 0.15) is 15.4 Å². The number of fused-ring (bicyclic) bond motifs is 1. The molecule has 0 aliphatic heterocycles. The first kappa shape index (κ1) is 19.2. The van der Waals surface area contributed by atoms with Gasteiger partial charge in [-0.3, -0.25) is 9.78 Å². The predicted octanol–water partition coefficient (Wildman–Crippen LogP) is 6.21. The number of nitrogens with zero attached hydrogens (tertiary/aromatic N) is 3. The van der Waals surface area contributed by atoms with Gasteiger partial charge in [-0.25, -0.2) is 4.98 Å². The van der Waals surface area contributed by atoms with Crippen molar-refractivity contribution >= 4 is 33.8 Å². The van der Waals surface area contributed by atoms with Crippen LogP contribution in [0, 0.1) is 0 Å². The highest BCUT2D eigenvalue weighted by Gasteiger charge is 2.21. The lowest BCUT2D eigenvalue weighted by atomic mass is 10.0. The van der Waals surface area contributed by atoms with Crippen molar-refractivity contribution in [2.75, 3.05) is 4.90 Å². The quantitative estimate of drug-likeness (QED) is 0.339. The Morgan fingerprint density at radius 3 is 2.32 bits per heavy atom. The number of carbonyl (C=O) groups excluding carboxylic acids is 1. The molecule has 31 heavy (non-hydrogen) atoms. The molecule has 2 aromatic heterocycles. The smallest absolute Gasteiger partial charge is 0.260 e. The molecule has 5 rings (SSSR count). The molecule has 150 valence electrons. The SMILES string of the molecule is O=C(c1cccc2cccnc12)N(Cc1nccs1)c1ccc(-c2ccccc2)cc1. The van der Waals surface area contributed by atoms with Gasteiger partial charge in [0.1, 0.15) is 5.01 Å². The molecule has 0 atom stereocenters. The van der Waals surface area contributed by atoms with Crippen LogP contribution in [0.4, 0.5) is 5.69 Å².